The summed E-state index contributed by atoms with van der Waals surface area (Å²) < 4.78 is 24.0. The second-order valence-corrected chi connectivity index (χ2v) is 8.62. The molecule has 114 valence electrons. The molecule has 2 N–H and O–H groups in total. The van der Waals surface area contributed by atoms with Crippen LogP contribution in [0.15, 0.2) is 40.9 Å². The van der Waals surface area contributed by atoms with Crippen LogP contribution in [0.3, 0.4) is 0 Å². The van der Waals surface area contributed by atoms with Crippen LogP contribution >= 0.6 is 15.9 Å². The lowest BCUT2D eigenvalue weighted by atomic mass is 10.00. The molecule has 0 aliphatic carbocycles. The van der Waals surface area contributed by atoms with Crippen molar-refractivity contribution >= 4 is 36.5 Å². The summed E-state index contributed by atoms with van der Waals surface area (Å²) in [6, 6.07) is 12.2. The van der Waals surface area contributed by atoms with Gasteiger partial charge in [-0.25, -0.2) is 8.42 Å². The lowest BCUT2D eigenvalue weighted by Gasteiger charge is -2.13. The van der Waals surface area contributed by atoms with Crippen LogP contribution in [0.2, 0.25) is 0 Å². The molecule has 21 heavy (non-hydrogen) atoms. The zero-order chi connectivity index (χ0) is 15.5. The van der Waals surface area contributed by atoms with Crippen LogP contribution in [-0.2, 0) is 9.84 Å². The lowest BCUT2D eigenvalue weighted by Crippen LogP contribution is -2.14. The standard InChI is InChI=1S/C16H20BrNO2S/c1-2-21(19,20)9-3-4-16(18)14-6-5-13-11-15(17)8-7-12(13)10-14/h5-8,10-11,16H,2-4,9,18H2,1H3. The average Bonchev–Trinajstić information content (AvgIpc) is 2.46. The summed E-state index contributed by atoms with van der Waals surface area (Å²) in [5, 5.41) is 2.31. The van der Waals surface area contributed by atoms with E-state index >= 15 is 0 Å². The predicted octanol–water partition coefficient (Wildman–Crippen LogP) is 3.82. The molecule has 0 saturated heterocycles. The molecule has 0 aliphatic rings. The highest BCUT2D eigenvalue weighted by Crippen LogP contribution is 2.24. The molecule has 0 amide bonds. The molecule has 0 aromatic heterocycles. The van der Waals surface area contributed by atoms with Gasteiger partial charge in [0.15, 0.2) is 0 Å². The largest absolute Gasteiger partial charge is 0.324 e. The van der Waals surface area contributed by atoms with Crippen LogP contribution in [0.25, 0.3) is 10.8 Å². The summed E-state index contributed by atoms with van der Waals surface area (Å²) in [6.07, 6.45) is 1.29. The Bertz CT molecular complexity index is 728. The summed E-state index contributed by atoms with van der Waals surface area (Å²) in [4.78, 5) is 0. The zero-order valence-electron chi connectivity index (χ0n) is 12.0. The normalized spacial score (nSPS) is 13.5. The molecule has 0 fully saturated rings. The van der Waals surface area contributed by atoms with Crippen LogP contribution in [0.5, 0.6) is 0 Å². The second-order valence-electron chi connectivity index (χ2n) is 5.24. The van der Waals surface area contributed by atoms with Crippen LogP contribution in [0.4, 0.5) is 0 Å². The van der Waals surface area contributed by atoms with Crippen molar-refractivity contribution in [3.8, 4) is 0 Å². The van der Waals surface area contributed by atoms with Gasteiger partial charge in [-0.2, -0.15) is 0 Å². The Balaban J connectivity index is 2.06. The average molecular weight is 370 g/mol. The van der Waals surface area contributed by atoms with Crippen LogP contribution in [0.1, 0.15) is 31.4 Å². The van der Waals surface area contributed by atoms with Crippen molar-refractivity contribution in [2.24, 2.45) is 5.73 Å². The molecule has 0 spiro atoms. The van der Waals surface area contributed by atoms with Gasteiger partial charge in [-0.1, -0.05) is 41.1 Å². The van der Waals surface area contributed by atoms with Crippen molar-refractivity contribution in [3.05, 3.63) is 46.4 Å². The second kappa shape index (κ2) is 6.90. The molecule has 1 unspecified atom stereocenters. The van der Waals surface area contributed by atoms with Gasteiger partial charge in [-0.3, -0.25) is 0 Å². The smallest absolute Gasteiger partial charge is 0.150 e. The van der Waals surface area contributed by atoms with Gasteiger partial charge in [0.25, 0.3) is 0 Å². The SMILES string of the molecule is CCS(=O)(=O)CCCC(N)c1ccc2cc(Br)ccc2c1. The van der Waals surface area contributed by atoms with Crippen molar-refractivity contribution in [2.45, 2.75) is 25.8 Å². The number of nitrogens with two attached hydrogens (primary N) is 1. The summed E-state index contributed by atoms with van der Waals surface area (Å²) >= 11 is 3.46. The van der Waals surface area contributed by atoms with Crippen molar-refractivity contribution in [3.63, 3.8) is 0 Å². The van der Waals surface area contributed by atoms with Crippen molar-refractivity contribution < 1.29 is 8.42 Å². The van der Waals surface area contributed by atoms with E-state index in [4.69, 9.17) is 5.73 Å². The minimum Gasteiger partial charge on any atom is -0.324 e. The summed E-state index contributed by atoms with van der Waals surface area (Å²) in [5.74, 6) is 0.421. The maximum absolute atomic E-state index is 11.5. The Morgan fingerprint density at radius 1 is 1.14 bits per heavy atom. The van der Waals surface area contributed by atoms with Crippen molar-refractivity contribution in [1.82, 2.24) is 0 Å². The fourth-order valence-electron chi connectivity index (χ4n) is 2.30. The van der Waals surface area contributed by atoms with E-state index < -0.39 is 9.84 Å². The Morgan fingerprint density at radius 2 is 1.81 bits per heavy atom. The minimum atomic E-state index is -2.90. The van der Waals surface area contributed by atoms with Crippen LogP contribution in [-0.4, -0.2) is 19.9 Å². The molecule has 0 radical (unpaired) electrons. The van der Waals surface area contributed by atoms with E-state index in [0.29, 0.717) is 12.8 Å². The maximum atomic E-state index is 11.5. The highest BCUT2D eigenvalue weighted by Gasteiger charge is 2.11. The molecule has 2 aromatic rings. The molecule has 0 saturated carbocycles. The molecule has 5 heteroatoms. The van der Waals surface area contributed by atoms with E-state index in [1.165, 1.54) is 0 Å². The molecular formula is C16H20BrNO2S. The number of hydrogen-bond acceptors (Lipinski definition) is 3. The summed E-state index contributed by atoms with van der Waals surface area (Å²) in [5.41, 5.74) is 7.24. The number of sulfone groups is 1. The molecule has 3 nitrogen and oxygen atoms in total. The first-order chi connectivity index (χ1) is 9.91. The minimum absolute atomic E-state index is 0.120. The molecule has 0 heterocycles. The molecule has 1 atom stereocenters. The first-order valence-corrected chi connectivity index (χ1v) is 9.68. The van der Waals surface area contributed by atoms with E-state index in [1.54, 1.807) is 6.92 Å². The summed E-state index contributed by atoms with van der Waals surface area (Å²) in [7, 11) is -2.90. The van der Waals surface area contributed by atoms with Gasteiger partial charge in [0, 0.05) is 16.3 Å². The van der Waals surface area contributed by atoms with Gasteiger partial charge in [-0.15, -0.1) is 0 Å². The third-order valence-corrected chi connectivity index (χ3v) is 5.95. The Labute approximate surface area is 134 Å². The fraction of sp³-hybridized carbons (Fsp3) is 0.375. The highest BCUT2D eigenvalue weighted by molar-refractivity contribution is 9.10. The number of rotatable bonds is 6. The predicted molar refractivity (Wildman–Crippen MR) is 92.1 cm³/mol. The molecule has 2 aromatic carbocycles. The van der Waals surface area contributed by atoms with Gasteiger partial charge in [0.05, 0.1) is 5.75 Å². The third kappa shape index (κ3) is 4.53. The number of hydrogen-bond donors (Lipinski definition) is 1. The number of fused-ring (bicyclic) bond motifs is 1. The van der Waals surface area contributed by atoms with Crippen molar-refractivity contribution in [1.29, 1.82) is 0 Å². The summed E-state index contributed by atoms with van der Waals surface area (Å²) in [6.45, 7) is 1.68. The Morgan fingerprint density at radius 3 is 2.52 bits per heavy atom. The Hall–Kier alpha value is -0.910. The van der Waals surface area contributed by atoms with Gasteiger partial charge in [0.1, 0.15) is 9.84 Å². The zero-order valence-corrected chi connectivity index (χ0v) is 14.5. The Kier molecular flexibility index (Phi) is 5.41. The van der Waals surface area contributed by atoms with Crippen LogP contribution < -0.4 is 5.73 Å². The lowest BCUT2D eigenvalue weighted by molar-refractivity contribution is 0.584. The monoisotopic (exact) mass is 369 g/mol. The molecule has 0 bridgehead atoms. The molecule has 0 aliphatic heterocycles. The van der Waals surface area contributed by atoms with Gasteiger partial charge in [0.2, 0.25) is 0 Å². The van der Waals surface area contributed by atoms with Gasteiger partial charge >= 0.3 is 0 Å². The molecule has 2 rings (SSSR count). The van der Waals surface area contributed by atoms with E-state index in [2.05, 4.69) is 40.2 Å². The van der Waals surface area contributed by atoms with E-state index in [9.17, 15) is 8.42 Å². The third-order valence-electron chi connectivity index (χ3n) is 3.66. The maximum Gasteiger partial charge on any atom is 0.150 e. The quantitative estimate of drug-likeness (QED) is 0.841. The number of benzene rings is 2. The topological polar surface area (TPSA) is 60.2 Å². The van der Waals surface area contributed by atoms with E-state index in [1.807, 2.05) is 12.1 Å². The van der Waals surface area contributed by atoms with Gasteiger partial charge in [-0.05, 0) is 47.4 Å². The van der Waals surface area contributed by atoms with E-state index in [-0.39, 0.29) is 17.5 Å². The molecular weight excluding hydrogens is 350 g/mol. The fourth-order valence-corrected chi connectivity index (χ4v) is 3.57. The van der Waals surface area contributed by atoms with Crippen LogP contribution in [0, 0.1) is 0 Å². The first-order valence-electron chi connectivity index (χ1n) is 7.06. The first kappa shape index (κ1) is 16.5. The van der Waals surface area contributed by atoms with Crippen molar-refractivity contribution in [2.75, 3.05) is 11.5 Å². The van der Waals surface area contributed by atoms with Gasteiger partial charge < -0.3 is 5.73 Å². The highest BCUT2D eigenvalue weighted by atomic mass is 79.9. The number of halogens is 1. The van der Waals surface area contributed by atoms with E-state index in [0.717, 1.165) is 20.8 Å².